The van der Waals surface area contributed by atoms with Crippen LogP contribution in [0.25, 0.3) is 11.6 Å². The largest absolute Gasteiger partial charge is 0.370 e. The van der Waals surface area contributed by atoms with Crippen molar-refractivity contribution in [1.82, 2.24) is 15.1 Å². The van der Waals surface area contributed by atoms with E-state index in [2.05, 4.69) is 39.3 Å². The van der Waals surface area contributed by atoms with Crippen LogP contribution in [0.1, 0.15) is 17.0 Å². The molecule has 0 aliphatic rings. The molecule has 7 heteroatoms. The van der Waals surface area contributed by atoms with Gasteiger partial charge in [0.1, 0.15) is 5.69 Å². The van der Waals surface area contributed by atoms with Crippen LogP contribution in [0.3, 0.4) is 0 Å². The molecule has 1 aromatic carbocycles. The molecule has 128 valence electrons. The number of hydrogen-bond acceptors (Lipinski definition) is 5. The first-order valence-electron chi connectivity index (χ1n) is 8.00. The maximum Gasteiger partial charge on any atom is 0.276 e. The minimum atomic E-state index is 0.358. The van der Waals surface area contributed by atoms with Crippen LogP contribution in [0, 0.1) is 13.8 Å². The van der Waals surface area contributed by atoms with Crippen LogP contribution in [0.5, 0.6) is 0 Å². The van der Waals surface area contributed by atoms with Crippen molar-refractivity contribution in [1.29, 1.82) is 0 Å². The first-order valence-corrected chi connectivity index (χ1v) is 8.00. The van der Waals surface area contributed by atoms with Gasteiger partial charge < -0.3 is 15.6 Å². The second-order valence-corrected chi connectivity index (χ2v) is 5.67. The third kappa shape index (κ3) is 4.41. The smallest absolute Gasteiger partial charge is 0.276 e. The molecule has 0 fully saturated rings. The van der Waals surface area contributed by atoms with E-state index >= 15 is 0 Å². The fourth-order valence-electron chi connectivity index (χ4n) is 2.23. The summed E-state index contributed by atoms with van der Waals surface area (Å²) in [6.45, 7) is 4.59. The van der Waals surface area contributed by atoms with E-state index in [1.807, 2.05) is 36.4 Å². The fraction of sp³-hybridized carbons (Fsp3) is 0.222. The number of nitrogens with zero attached hydrogens (tertiary/aromatic N) is 4. The molecule has 0 unspecified atom stereocenters. The summed E-state index contributed by atoms with van der Waals surface area (Å²) in [7, 11) is 0. The molecule has 0 spiro atoms. The summed E-state index contributed by atoms with van der Waals surface area (Å²) in [6.07, 6.45) is 2.22. The van der Waals surface area contributed by atoms with Crippen molar-refractivity contribution in [2.24, 2.45) is 10.7 Å². The number of aliphatic imine (C=N–C) groups is 1. The summed E-state index contributed by atoms with van der Waals surface area (Å²) in [5, 5.41) is 7.02. The molecular weight excluding hydrogens is 316 g/mol. The summed E-state index contributed by atoms with van der Waals surface area (Å²) in [4.78, 5) is 12.8. The van der Waals surface area contributed by atoms with Crippen LogP contribution >= 0.6 is 0 Å². The van der Waals surface area contributed by atoms with E-state index in [4.69, 9.17) is 10.3 Å². The van der Waals surface area contributed by atoms with Crippen LogP contribution in [-0.2, 0) is 6.42 Å². The summed E-state index contributed by atoms with van der Waals surface area (Å²) >= 11 is 0. The van der Waals surface area contributed by atoms with E-state index in [9.17, 15) is 0 Å². The predicted molar refractivity (Wildman–Crippen MR) is 97.3 cm³/mol. The number of guanidine groups is 1. The summed E-state index contributed by atoms with van der Waals surface area (Å²) < 4.78 is 5.21. The van der Waals surface area contributed by atoms with Gasteiger partial charge in [0.15, 0.2) is 11.8 Å². The minimum absolute atomic E-state index is 0.358. The maximum atomic E-state index is 5.92. The predicted octanol–water partition coefficient (Wildman–Crippen LogP) is 2.72. The number of anilines is 1. The van der Waals surface area contributed by atoms with Crippen molar-refractivity contribution in [2.75, 3.05) is 11.9 Å². The van der Waals surface area contributed by atoms with Gasteiger partial charge in [0.25, 0.3) is 5.89 Å². The molecule has 0 atom stereocenters. The van der Waals surface area contributed by atoms with Crippen molar-refractivity contribution in [2.45, 2.75) is 20.3 Å². The van der Waals surface area contributed by atoms with Gasteiger partial charge in [0.2, 0.25) is 0 Å². The van der Waals surface area contributed by atoms with Gasteiger partial charge in [-0.15, -0.1) is 0 Å². The molecule has 0 radical (unpaired) electrons. The number of benzene rings is 1. The molecule has 2 aromatic heterocycles. The Kier molecular flexibility index (Phi) is 5.03. The van der Waals surface area contributed by atoms with Gasteiger partial charge in [-0.05, 0) is 49.2 Å². The highest BCUT2D eigenvalue weighted by atomic mass is 16.5. The van der Waals surface area contributed by atoms with E-state index in [1.165, 1.54) is 11.1 Å². The van der Waals surface area contributed by atoms with Crippen molar-refractivity contribution < 1.29 is 4.52 Å². The standard InChI is InChI=1S/C18H20N6O/c1-12-6-7-14(11-13(12)2)22-18(19)21-10-8-16-23-17(25-24-16)15-5-3-4-9-20-15/h3-7,9,11H,8,10H2,1-2H3,(H3,19,21,22). The lowest BCUT2D eigenvalue weighted by molar-refractivity contribution is 0.421. The quantitative estimate of drug-likeness (QED) is 0.548. The topological polar surface area (TPSA) is 102 Å². The molecule has 0 aliphatic carbocycles. The Labute approximate surface area is 146 Å². The summed E-state index contributed by atoms with van der Waals surface area (Å²) in [6, 6.07) is 11.6. The number of hydrogen-bond donors (Lipinski definition) is 2. The SMILES string of the molecule is Cc1ccc(NC(N)=NCCc2noc(-c3ccccn3)n2)cc1C. The van der Waals surface area contributed by atoms with E-state index in [0.29, 0.717) is 36.3 Å². The van der Waals surface area contributed by atoms with E-state index in [1.54, 1.807) is 6.20 Å². The third-order valence-corrected chi connectivity index (χ3v) is 3.75. The van der Waals surface area contributed by atoms with Gasteiger partial charge in [0, 0.05) is 24.8 Å². The van der Waals surface area contributed by atoms with Gasteiger partial charge in [-0.2, -0.15) is 4.98 Å². The highest BCUT2D eigenvalue weighted by Crippen LogP contribution is 2.14. The second kappa shape index (κ2) is 7.57. The van der Waals surface area contributed by atoms with E-state index in [-0.39, 0.29) is 0 Å². The Morgan fingerprint density at radius 1 is 1.20 bits per heavy atom. The minimum Gasteiger partial charge on any atom is -0.370 e. The Hall–Kier alpha value is -3.22. The van der Waals surface area contributed by atoms with Gasteiger partial charge in [-0.25, -0.2) is 0 Å². The van der Waals surface area contributed by atoms with E-state index in [0.717, 1.165) is 5.69 Å². The van der Waals surface area contributed by atoms with Gasteiger partial charge >= 0.3 is 0 Å². The van der Waals surface area contributed by atoms with E-state index < -0.39 is 0 Å². The third-order valence-electron chi connectivity index (χ3n) is 3.75. The lowest BCUT2D eigenvalue weighted by atomic mass is 10.1. The average molecular weight is 336 g/mol. The van der Waals surface area contributed by atoms with Crippen LogP contribution < -0.4 is 11.1 Å². The van der Waals surface area contributed by atoms with Crippen LogP contribution in [0.2, 0.25) is 0 Å². The Morgan fingerprint density at radius 3 is 2.84 bits per heavy atom. The normalized spacial score (nSPS) is 11.5. The van der Waals surface area contributed by atoms with Crippen molar-refractivity contribution in [3.63, 3.8) is 0 Å². The first-order chi connectivity index (χ1) is 12.1. The molecule has 3 aromatic rings. The monoisotopic (exact) mass is 336 g/mol. The molecule has 0 amide bonds. The van der Waals surface area contributed by atoms with Crippen molar-refractivity contribution in [3.8, 4) is 11.6 Å². The fourth-order valence-corrected chi connectivity index (χ4v) is 2.23. The summed E-state index contributed by atoms with van der Waals surface area (Å²) in [5.41, 5.74) is 9.93. The zero-order valence-corrected chi connectivity index (χ0v) is 14.2. The Bertz CT molecular complexity index is 872. The number of nitrogens with two attached hydrogens (primary N) is 1. The molecule has 25 heavy (non-hydrogen) atoms. The second-order valence-electron chi connectivity index (χ2n) is 5.67. The number of pyridine rings is 1. The van der Waals surface area contributed by atoms with Gasteiger partial charge in [-0.1, -0.05) is 17.3 Å². The molecule has 2 heterocycles. The molecular formula is C18H20N6O. The van der Waals surface area contributed by atoms with Crippen molar-refractivity contribution in [3.05, 3.63) is 59.5 Å². The maximum absolute atomic E-state index is 5.92. The molecule has 0 aliphatic heterocycles. The number of aryl methyl sites for hydroxylation is 2. The molecule has 0 saturated carbocycles. The average Bonchev–Trinajstić information content (AvgIpc) is 3.08. The Balaban J connectivity index is 1.55. The van der Waals surface area contributed by atoms with Crippen molar-refractivity contribution >= 4 is 11.6 Å². The summed E-state index contributed by atoms with van der Waals surface area (Å²) in [5.74, 6) is 1.33. The van der Waals surface area contributed by atoms with Gasteiger partial charge in [0.05, 0.1) is 0 Å². The highest BCUT2D eigenvalue weighted by Gasteiger charge is 2.09. The zero-order valence-electron chi connectivity index (χ0n) is 14.2. The molecule has 0 bridgehead atoms. The highest BCUT2D eigenvalue weighted by molar-refractivity contribution is 5.92. The molecule has 3 N–H and O–H groups in total. The molecule has 0 saturated heterocycles. The lowest BCUT2D eigenvalue weighted by Gasteiger charge is -2.07. The number of aromatic nitrogens is 3. The van der Waals surface area contributed by atoms with Crippen LogP contribution in [-0.4, -0.2) is 27.6 Å². The number of rotatable bonds is 5. The number of nitrogens with one attached hydrogen (secondary N) is 1. The van der Waals surface area contributed by atoms with Crippen LogP contribution in [0.15, 0.2) is 52.1 Å². The zero-order chi connectivity index (χ0) is 17.6. The molecule has 3 rings (SSSR count). The van der Waals surface area contributed by atoms with Gasteiger partial charge in [-0.3, -0.25) is 9.98 Å². The first kappa shape index (κ1) is 16.6. The van der Waals surface area contributed by atoms with Crippen LogP contribution in [0.4, 0.5) is 5.69 Å². The Morgan fingerprint density at radius 2 is 2.08 bits per heavy atom. The molecule has 7 nitrogen and oxygen atoms in total. The lowest BCUT2D eigenvalue weighted by Crippen LogP contribution is -2.23.